The lowest BCUT2D eigenvalue weighted by Gasteiger charge is -2.15. The number of aromatic nitrogens is 2. The molecule has 2 N–H and O–H groups in total. The van der Waals surface area contributed by atoms with E-state index in [9.17, 15) is 0 Å². The number of aryl methyl sites for hydroxylation is 1. The Labute approximate surface area is 169 Å². The minimum atomic E-state index is 0.516. The lowest BCUT2D eigenvalue weighted by molar-refractivity contribution is 0.324. The van der Waals surface area contributed by atoms with Gasteiger partial charge in [0.15, 0.2) is 11.5 Å². The van der Waals surface area contributed by atoms with Crippen LogP contribution in [0.15, 0.2) is 42.5 Å². The molecule has 2 aromatic carbocycles. The van der Waals surface area contributed by atoms with Gasteiger partial charge in [-0.05, 0) is 31.2 Å². The Morgan fingerprint density at radius 3 is 1.83 bits per heavy atom. The molecule has 0 bridgehead atoms. The van der Waals surface area contributed by atoms with Crippen LogP contribution in [0.2, 0.25) is 0 Å². The zero-order valence-corrected chi connectivity index (χ0v) is 16.6. The predicted octanol–water partition coefficient (Wildman–Crippen LogP) is 4.17. The number of nitriles is 1. The van der Waals surface area contributed by atoms with Crippen LogP contribution in [-0.2, 0) is 0 Å². The van der Waals surface area contributed by atoms with Crippen molar-refractivity contribution in [3.8, 4) is 23.3 Å². The van der Waals surface area contributed by atoms with E-state index in [-0.39, 0.29) is 0 Å². The summed E-state index contributed by atoms with van der Waals surface area (Å²) >= 11 is 0. The van der Waals surface area contributed by atoms with Gasteiger partial charge in [0.1, 0.15) is 17.5 Å². The first-order valence-electron chi connectivity index (χ1n) is 8.76. The second kappa shape index (κ2) is 8.80. The zero-order chi connectivity index (χ0) is 20.8. The summed E-state index contributed by atoms with van der Waals surface area (Å²) < 4.78 is 16.1. The molecule has 0 amide bonds. The van der Waals surface area contributed by atoms with E-state index in [4.69, 9.17) is 19.5 Å². The molecule has 0 saturated carbocycles. The number of hydrogen-bond acceptors (Lipinski definition) is 8. The highest BCUT2D eigenvalue weighted by atomic mass is 16.5. The molecule has 0 aliphatic rings. The van der Waals surface area contributed by atoms with Gasteiger partial charge in [-0.2, -0.15) is 5.26 Å². The second-order valence-corrected chi connectivity index (χ2v) is 6.04. The molecule has 0 atom stereocenters. The van der Waals surface area contributed by atoms with Crippen molar-refractivity contribution in [3.63, 3.8) is 0 Å². The summed E-state index contributed by atoms with van der Waals surface area (Å²) in [5, 5.41) is 15.4. The van der Waals surface area contributed by atoms with Crippen molar-refractivity contribution in [1.29, 1.82) is 5.26 Å². The van der Waals surface area contributed by atoms with E-state index in [1.54, 1.807) is 51.7 Å². The molecule has 8 nitrogen and oxygen atoms in total. The summed E-state index contributed by atoms with van der Waals surface area (Å²) in [4.78, 5) is 8.85. The molecule has 0 radical (unpaired) electrons. The quantitative estimate of drug-likeness (QED) is 0.619. The average molecular weight is 391 g/mol. The summed E-state index contributed by atoms with van der Waals surface area (Å²) in [5.74, 6) is 3.41. The summed E-state index contributed by atoms with van der Waals surface area (Å²) in [7, 11) is 4.69. The van der Waals surface area contributed by atoms with Gasteiger partial charge in [0.25, 0.3) is 0 Å². The predicted molar refractivity (Wildman–Crippen MR) is 111 cm³/mol. The monoisotopic (exact) mass is 391 g/mol. The Morgan fingerprint density at radius 2 is 1.34 bits per heavy atom. The Hall–Kier alpha value is -3.99. The first-order valence-corrected chi connectivity index (χ1v) is 8.76. The molecule has 1 aromatic heterocycles. The molecule has 148 valence electrons. The van der Waals surface area contributed by atoms with Gasteiger partial charge in [-0.1, -0.05) is 0 Å². The highest BCUT2D eigenvalue weighted by Gasteiger charge is 2.14. The van der Waals surface area contributed by atoms with Crippen molar-refractivity contribution in [2.45, 2.75) is 6.92 Å². The normalized spacial score (nSPS) is 10.0. The maximum absolute atomic E-state index is 8.91. The SMILES string of the molecule is COc1cc(Nc2cc(Nc3ccc(C#N)cc3)nc(C)n2)cc(OC)c1OC. The number of rotatable bonds is 7. The number of methoxy groups -OCH3 is 3. The Morgan fingerprint density at radius 1 is 0.793 bits per heavy atom. The summed E-state index contributed by atoms with van der Waals surface area (Å²) in [6.45, 7) is 1.81. The van der Waals surface area contributed by atoms with Crippen LogP contribution in [0.25, 0.3) is 0 Å². The van der Waals surface area contributed by atoms with E-state index in [1.165, 1.54) is 0 Å². The van der Waals surface area contributed by atoms with Gasteiger partial charge in [-0.3, -0.25) is 0 Å². The second-order valence-electron chi connectivity index (χ2n) is 6.04. The highest BCUT2D eigenvalue weighted by Crippen LogP contribution is 2.40. The third-order valence-electron chi connectivity index (χ3n) is 4.06. The summed E-state index contributed by atoms with van der Waals surface area (Å²) in [5.41, 5.74) is 2.14. The number of hydrogen-bond donors (Lipinski definition) is 2. The standard InChI is InChI=1S/C21H21N5O3/c1-13-23-19(25-15-7-5-14(12-22)6-8-15)11-20(24-13)26-16-9-17(27-2)21(29-4)18(10-16)28-3/h5-11H,1-4H3,(H2,23,24,25,26). The molecule has 0 aliphatic heterocycles. The van der Waals surface area contributed by atoms with Crippen LogP contribution in [0, 0.1) is 18.3 Å². The lowest BCUT2D eigenvalue weighted by Crippen LogP contribution is -2.02. The topological polar surface area (TPSA) is 101 Å². The lowest BCUT2D eigenvalue weighted by atomic mass is 10.2. The van der Waals surface area contributed by atoms with Crippen LogP contribution in [-0.4, -0.2) is 31.3 Å². The van der Waals surface area contributed by atoms with E-state index in [0.717, 1.165) is 11.4 Å². The number of ether oxygens (including phenoxy) is 3. The number of benzene rings is 2. The highest BCUT2D eigenvalue weighted by molar-refractivity contribution is 5.68. The minimum absolute atomic E-state index is 0.516. The van der Waals surface area contributed by atoms with E-state index in [1.807, 2.05) is 19.1 Å². The maximum Gasteiger partial charge on any atom is 0.203 e. The van der Waals surface area contributed by atoms with Crippen LogP contribution in [0.1, 0.15) is 11.4 Å². The molecular weight excluding hydrogens is 370 g/mol. The van der Waals surface area contributed by atoms with Crippen LogP contribution in [0.5, 0.6) is 17.2 Å². The van der Waals surface area contributed by atoms with Crippen molar-refractivity contribution in [2.24, 2.45) is 0 Å². The fraction of sp³-hybridized carbons (Fsp3) is 0.190. The van der Waals surface area contributed by atoms with Crippen molar-refractivity contribution < 1.29 is 14.2 Å². The molecule has 0 unspecified atom stereocenters. The van der Waals surface area contributed by atoms with Crippen molar-refractivity contribution >= 4 is 23.0 Å². The van der Waals surface area contributed by atoms with Gasteiger partial charge in [-0.25, -0.2) is 9.97 Å². The van der Waals surface area contributed by atoms with Crippen molar-refractivity contribution in [3.05, 3.63) is 53.9 Å². The van der Waals surface area contributed by atoms with E-state index >= 15 is 0 Å². The van der Waals surface area contributed by atoms with Gasteiger partial charge >= 0.3 is 0 Å². The molecule has 0 fully saturated rings. The van der Waals surface area contributed by atoms with E-state index < -0.39 is 0 Å². The molecule has 29 heavy (non-hydrogen) atoms. The molecule has 3 aromatic rings. The third kappa shape index (κ3) is 4.65. The van der Waals surface area contributed by atoms with Crippen LogP contribution >= 0.6 is 0 Å². The molecular formula is C21H21N5O3. The number of nitrogens with zero attached hydrogens (tertiary/aromatic N) is 3. The largest absolute Gasteiger partial charge is 0.493 e. The molecule has 1 heterocycles. The Bertz CT molecular complexity index is 1020. The van der Waals surface area contributed by atoms with E-state index in [0.29, 0.717) is 40.3 Å². The van der Waals surface area contributed by atoms with Crippen LogP contribution < -0.4 is 24.8 Å². The van der Waals surface area contributed by atoms with Crippen LogP contribution in [0.3, 0.4) is 0 Å². The maximum atomic E-state index is 8.91. The van der Waals surface area contributed by atoms with Gasteiger partial charge in [-0.15, -0.1) is 0 Å². The van der Waals surface area contributed by atoms with Gasteiger partial charge < -0.3 is 24.8 Å². The molecule has 8 heteroatoms. The first kappa shape index (κ1) is 19.8. The number of nitrogens with one attached hydrogen (secondary N) is 2. The molecule has 3 rings (SSSR count). The fourth-order valence-corrected chi connectivity index (χ4v) is 2.77. The van der Waals surface area contributed by atoms with Gasteiger partial charge in [0, 0.05) is 29.6 Å². The Kier molecular flexibility index (Phi) is 6.00. The van der Waals surface area contributed by atoms with Crippen molar-refractivity contribution in [1.82, 2.24) is 9.97 Å². The van der Waals surface area contributed by atoms with Crippen molar-refractivity contribution in [2.75, 3.05) is 32.0 Å². The van der Waals surface area contributed by atoms with Gasteiger partial charge in [0.2, 0.25) is 5.75 Å². The minimum Gasteiger partial charge on any atom is -0.493 e. The van der Waals surface area contributed by atoms with Crippen LogP contribution in [0.4, 0.5) is 23.0 Å². The molecule has 0 aliphatic carbocycles. The number of anilines is 4. The average Bonchev–Trinajstić information content (AvgIpc) is 2.73. The fourth-order valence-electron chi connectivity index (χ4n) is 2.77. The van der Waals surface area contributed by atoms with Gasteiger partial charge in [0.05, 0.1) is 33.0 Å². The third-order valence-corrected chi connectivity index (χ3v) is 4.06. The Balaban J connectivity index is 1.87. The molecule has 0 spiro atoms. The summed E-state index contributed by atoms with van der Waals surface area (Å²) in [6.07, 6.45) is 0. The smallest absolute Gasteiger partial charge is 0.203 e. The zero-order valence-electron chi connectivity index (χ0n) is 16.6. The molecule has 0 saturated heterocycles. The van der Waals surface area contributed by atoms with E-state index in [2.05, 4.69) is 26.7 Å². The summed E-state index contributed by atoms with van der Waals surface area (Å²) in [6, 6.07) is 14.6. The first-order chi connectivity index (χ1) is 14.1.